The summed E-state index contributed by atoms with van der Waals surface area (Å²) in [7, 11) is 1.16. The molecule has 0 spiro atoms. The first-order valence-corrected chi connectivity index (χ1v) is 21.4. The van der Waals surface area contributed by atoms with Crippen LogP contribution in [0.3, 0.4) is 0 Å². The molecule has 5 N–H and O–H groups in total. The molecule has 19 heteroatoms. The number of carbonyl (C=O) groups is 8. The molecule has 0 bridgehead atoms. The van der Waals surface area contributed by atoms with E-state index >= 15 is 0 Å². The first-order chi connectivity index (χ1) is 29.5. The molecular weight excluding hydrogens is 823 g/mol. The average molecular weight is 894 g/mol. The lowest BCUT2D eigenvalue weighted by Crippen LogP contribution is -2.59. The van der Waals surface area contributed by atoms with Crippen molar-refractivity contribution < 1.29 is 66.8 Å². The van der Waals surface area contributed by atoms with E-state index in [-0.39, 0.29) is 32.2 Å². The molecular formula is C44H71N5O14. The highest BCUT2D eigenvalue weighted by Gasteiger charge is 2.34. The molecule has 0 aliphatic carbocycles. The van der Waals surface area contributed by atoms with Crippen LogP contribution in [-0.2, 0) is 63.6 Å². The highest BCUT2D eigenvalue weighted by molar-refractivity contribution is 5.95. The monoisotopic (exact) mass is 893 g/mol. The number of amides is 5. The largest absolute Gasteiger partial charge is 0.516 e. The van der Waals surface area contributed by atoms with Crippen molar-refractivity contribution in [2.24, 2.45) is 5.92 Å². The van der Waals surface area contributed by atoms with Crippen molar-refractivity contribution in [3.63, 3.8) is 0 Å². The minimum atomic E-state index is -1.43. The lowest BCUT2D eigenvalue weighted by Gasteiger charge is -2.31. The van der Waals surface area contributed by atoms with Crippen molar-refractivity contribution in [3.05, 3.63) is 35.9 Å². The van der Waals surface area contributed by atoms with Gasteiger partial charge >= 0.3 is 24.2 Å². The van der Waals surface area contributed by atoms with Crippen molar-refractivity contribution in [2.45, 2.75) is 162 Å². The standard InChI is InChI=1S/C44H71N5O14/c1-12-59-40(60-13-2)32(27-29-19-15-14-16-20-29)48-37(53)30(21-17-18-26-45-41(56)62-43(5,6)7)47-39(55)36(28(3)4)49-38(54)31(46-33(50)23-25-34(51)58-11)22-24-35(52)61-42(57)63-44(8,9)10/h14-16,19-20,28,30-32,36,40H,12-13,17-18,21-27H2,1-11H3,(H,45,56)(H,46,50)(H,47,55)(H,48,53)(H,49,54)/t30-,31-,32-,36-/m0/s1. The van der Waals surface area contributed by atoms with E-state index in [4.69, 9.17) is 23.7 Å². The van der Waals surface area contributed by atoms with E-state index < -0.39 is 102 Å². The number of hydrogen-bond acceptors (Lipinski definition) is 14. The highest BCUT2D eigenvalue weighted by Crippen LogP contribution is 2.15. The molecule has 356 valence electrons. The minimum absolute atomic E-state index is 0.122. The predicted octanol–water partition coefficient (Wildman–Crippen LogP) is 4.13. The predicted molar refractivity (Wildman–Crippen MR) is 231 cm³/mol. The fraction of sp³-hybridized carbons (Fsp3) is 0.682. The molecule has 63 heavy (non-hydrogen) atoms. The number of unbranched alkanes of at least 4 members (excludes halogenated alkanes) is 1. The fourth-order valence-electron chi connectivity index (χ4n) is 5.80. The van der Waals surface area contributed by atoms with E-state index in [1.165, 1.54) is 0 Å². The Morgan fingerprint density at radius 2 is 1.24 bits per heavy atom. The lowest BCUT2D eigenvalue weighted by atomic mass is 10.00. The van der Waals surface area contributed by atoms with Crippen molar-refractivity contribution in [3.8, 4) is 0 Å². The smallest absolute Gasteiger partial charge is 0.469 e. The van der Waals surface area contributed by atoms with Crippen LogP contribution in [-0.4, -0.2) is 116 Å². The Labute approximate surface area is 371 Å². The summed E-state index contributed by atoms with van der Waals surface area (Å²) >= 11 is 0. The topological polar surface area (TPSA) is 252 Å². The van der Waals surface area contributed by atoms with Crippen LogP contribution in [0.15, 0.2) is 30.3 Å². The van der Waals surface area contributed by atoms with Gasteiger partial charge in [0, 0.05) is 32.6 Å². The van der Waals surface area contributed by atoms with E-state index in [2.05, 4.69) is 31.3 Å². The van der Waals surface area contributed by atoms with Gasteiger partial charge in [0.2, 0.25) is 23.6 Å². The lowest BCUT2D eigenvalue weighted by molar-refractivity contribution is -0.159. The molecule has 1 aromatic rings. The van der Waals surface area contributed by atoms with Gasteiger partial charge in [0.25, 0.3) is 0 Å². The summed E-state index contributed by atoms with van der Waals surface area (Å²) in [6.07, 6.45) is -2.96. The maximum atomic E-state index is 14.2. The number of benzene rings is 1. The zero-order chi connectivity index (χ0) is 47.8. The maximum absolute atomic E-state index is 14.2. The summed E-state index contributed by atoms with van der Waals surface area (Å²) in [5, 5.41) is 13.6. The van der Waals surface area contributed by atoms with Crippen LogP contribution in [0, 0.1) is 5.92 Å². The van der Waals surface area contributed by atoms with E-state index in [0.717, 1.165) is 12.7 Å². The third-order valence-corrected chi connectivity index (χ3v) is 8.74. The number of nitrogens with one attached hydrogen (secondary N) is 5. The maximum Gasteiger partial charge on any atom is 0.516 e. The first-order valence-electron chi connectivity index (χ1n) is 21.4. The molecule has 5 amide bonds. The number of alkyl carbamates (subject to hydrolysis) is 1. The van der Waals surface area contributed by atoms with Gasteiger partial charge in [-0.1, -0.05) is 44.2 Å². The van der Waals surface area contributed by atoms with Gasteiger partial charge in [0.1, 0.15) is 29.3 Å². The van der Waals surface area contributed by atoms with Crippen LogP contribution >= 0.6 is 0 Å². The summed E-state index contributed by atoms with van der Waals surface area (Å²) < 4.78 is 31.4. The Morgan fingerprint density at radius 1 is 0.651 bits per heavy atom. The summed E-state index contributed by atoms with van der Waals surface area (Å²) in [4.78, 5) is 104. The van der Waals surface area contributed by atoms with Crippen molar-refractivity contribution >= 4 is 47.8 Å². The molecule has 1 rings (SSSR count). The molecule has 0 saturated carbocycles. The minimum Gasteiger partial charge on any atom is -0.469 e. The second kappa shape index (κ2) is 28.4. The van der Waals surface area contributed by atoms with Gasteiger partial charge in [-0.25, -0.2) is 9.59 Å². The second-order valence-electron chi connectivity index (χ2n) is 17.0. The molecule has 0 unspecified atom stereocenters. The Morgan fingerprint density at radius 3 is 1.79 bits per heavy atom. The van der Waals surface area contributed by atoms with Gasteiger partial charge in [0.15, 0.2) is 6.29 Å². The zero-order valence-corrected chi connectivity index (χ0v) is 38.8. The van der Waals surface area contributed by atoms with Gasteiger partial charge in [-0.05, 0) is 99.0 Å². The molecule has 4 atom stereocenters. The van der Waals surface area contributed by atoms with E-state index in [9.17, 15) is 38.4 Å². The third kappa shape index (κ3) is 24.8. The van der Waals surface area contributed by atoms with Crippen LogP contribution in [0.1, 0.15) is 120 Å². The number of hydrogen-bond donors (Lipinski definition) is 5. The molecule has 0 radical (unpaired) electrons. The quantitative estimate of drug-likeness (QED) is 0.0289. The van der Waals surface area contributed by atoms with E-state index in [0.29, 0.717) is 32.5 Å². The molecule has 0 fully saturated rings. The molecule has 19 nitrogen and oxygen atoms in total. The van der Waals surface area contributed by atoms with E-state index in [1.54, 1.807) is 69.2 Å². The van der Waals surface area contributed by atoms with Crippen molar-refractivity contribution in [2.75, 3.05) is 26.9 Å². The number of rotatable bonds is 26. The van der Waals surface area contributed by atoms with Crippen LogP contribution in [0.2, 0.25) is 0 Å². The summed E-state index contributed by atoms with van der Waals surface area (Å²) in [6.45, 7) is 17.7. The van der Waals surface area contributed by atoms with Crippen LogP contribution < -0.4 is 26.6 Å². The van der Waals surface area contributed by atoms with Crippen LogP contribution in [0.5, 0.6) is 0 Å². The molecule has 0 aromatic heterocycles. The Hall–Kier alpha value is -5.30. The Kier molecular flexibility index (Phi) is 25.1. The van der Waals surface area contributed by atoms with Crippen molar-refractivity contribution in [1.82, 2.24) is 26.6 Å². The summed E-state index contributed by atoms with van der Waals surface area (Å²) in [6, 6.07) is 4.90. The van der Waals surface area contributed by atoms with Gasteiger partial charge < -0.3 is 55.0 Å². The Bertz CT molecular complexity index is 1620. The third-order valence-electron chi connectivity index (χ3n) is 8.74. The van der Waals surface area contributed by atoms with E-state index in [1.807, 2.05) is 30.3 Å². The molecule has 0 heterocycles. The number of carbonyl (C=O) groups excluding carboxylic acids is 8. The number of methoxy groups -OCH3 is 1. The SMILES string of the molecule is CCOC(OCC)[C@H](Cc1ccccc1)NC(=O)[C@H](CCCCNC(=O)OC(C)(C)C)NC(=O)[C@@H](NC(=O)[C@H](CCC(=O)OC(=O)OC(C)(C)C)NC(=O)CCC(=O)OC)C(C)C. The normalized spacial score (nSPS) is 13.4. The van der Waals surface area contributed by atoms with Gasteiger partial charge in [-0.3, -0.25) is 28.8 Å². The first kappa shape index (κ1) is 55.7. The molecule has 0 aliphatic rings. The van der Waals surface area contributed by atoms with Gasteiger partial charge in [-0.2, -0.15) is 0 Å². The summed E-state index contributed by atoms with van der Waals surface area (Å²) in [5.74, 6) is -5.15. The van der Waals surface area contributed by atoms with Crippen molar-refractivity contribution in [1.29, 1.82) is 0 Å². The molecule has 1 aromatic carbocycles. The Balaban J connectivity index is 3.39. The van der Waals surface area contributed by atoms with Crippen LogP contribution in [0.25, 0.3) is 0 Å². The average Bonchev–Trinajstić information content (AvgIpc) is 3.18. The molecule has 0 saturated heterocycles. The highest BCUT2D eigenvalue weighted by atomic mass is 16.7. The zero-order valence-electron chi connectivity index (χ0n) is 38.8. The molecule has 0 aliphatic heterocycles. The fourth-order valence-corrected chi connectivity index (χ4v) is 5.80. The van der Waals surface area contributed by atoms with Gasteiger partial charge in [-0.15, -0.1) is 0 Å². The van der Waals surface area contributed by atoms with Gasteiger partial charge in [0.05, 0.1) is 19.6 Å². The van der Waals surface area contributed by atoms with Crippen LogP contribution in [0.4, 0.5) is 9.59 Å². The number of esters is 2. The summed E-state index contributed by atoms with van der Waals surface area (Å²) in [5.41, 5.74) is -0.743. The number of ether oxygens (including phenoxy) is 6. The second-order valence-corrected chi connectivity index (χ2v) is 17.0.